The van der Waals surface area contributed by atoms with Gasteiger partial charge in [-0.15, -0.1) is 0 Å². The van der Waals surface area contributed by atoms with Crippen molar-refractivity contribution in [1.29, 1.82) is 0 Å². The zero-order valence-electron chi connectivity index (χ0n) is 11.6. The van der Waals surface area contributed by atoms with Crippen molar-refractivity contribution in [2.45, 2.75) is 59.9 Å². The number of carbonyl (C=O) groups excluding carboxylic acids is 1. The number of ketones is 1. The molecule has 0 aromatic heterocycles. The van der Waals surface area contributed by atoms with E-state index < -0.39 is 0 Å². The number of Topliss-reactive ketones (excluding diaryl/α,β-unsaturated/α-hetero) is 1. The number of rotatable bonds is 1. The third-order valence-electron chi connectivity index (χ3n) is 3.62. The average Bonchev–Trinajstić information content (AvgIpc) is 2.42. The summed E-state index contributed by atoms with van der Waals surface area (Å²) in [7, 11) is 0. The van der Waals surface area contributed by atoms with Crippen LogP contribution in [0.3, 0.4) is 0 Å². The van der Waals surface area contributed by atoms with Crippen LogP contribution in [0.1, 0.15) is 53.9 Å². The fourth-order valence-corrected chi connectivity index (χ4v) is 3.06. The van der Waals surface area contributed by atoms with Gasteiger partial charge in [-0.3, -0.25) is 4.79 Å². The molecule has 0 amide bonds. The molecule has 0 radical (unpaired) electrons. The summed E-state index contributed by atoms with van der Waals surface area (Å²) in [4.78, 5) is 12.3. The summed E-state index contributed by atoms with van der Waals surface area (Å²) in [5, 5.41) is 4.43. The lowest BCUT2D eigenvalue weighted by molar-refractivity contribution is -0.126. The topological polar surface area (TPSA) is 41.5 Å². The van der Waals surface area contributed by atoms with Gasteiger partial charge in [0.15, 0.2) is 0 Å². The molecule has 2 rings (SSSR count). The number of hydrogen-bond donors (Lipinski definition) is 1. The Hall–Kier alpha value is -0.860. The normalized spacial score (nSPS) is 31.8. The molecule has 2 atom stereocenters. The second kappa shape index (κ2) is 3.82. The third-order valence-corrected chi connectivity index (χ3v) is 3.62. The maximum atomic E-state index is 12.3. The maximum Gasteiger partial charge on any atom is 0.144 e. The number of fused-ring (bicyclic) bond motifs is 1. The molecule has 0 aromatic carbocycles. The minimum atomic E-state index is 0.0437. The molecule has 1 fully saturated rings. The highest BCUT2D eigenvalue weighted by Gasteiger charge is 2.46. The number of nitrogens with one attached hydrogen (secondary N) is 1. The maximum absolute atomic E-state index is 12.3. The SMILES string of the molecule is CC(C)(C)CC1=NN[C@@H]2CC(C)(C)CC(=O)[C@H]12. The lowest BCUT2D eigenvalue weighted by Gasteiger charge is -2.36. The Labute approximate surface area is 104 Å². The highest BCUT2D eigenvalue weighted by atomic mass is 16.1. The van der Waals surface area contributed by atoms with Crippen molar-refractivity contribution in [3.63, 3.8) is 0 Å². The number of hydrazone groups is 1. The van der Waals surface area contributed by atoms with E-state index in [-0.39, 0.29) is 22.8 Å². The number of nitrogens with zero attached hydrogens (tertiary/aromatic N) is 1. The second-order valence-electron chi connectivity index (χ2n) is 7.57. The molecule has 1 aliphatic carbocycles. The van der Waals surface area contributed by atoms with E-state index in [2.05, 4.69) is 45.1 Å². The van der Waals surface area contributed by atoms with Crippen LogP contribution < -0.4 is 5.43 Å². The molecular formula is C14H24N2O. The minimum absolute atomic E-state index is 0.0437. The van der Waals surface area contributed by atoms with Crippen molar-refractivity contribution in [1.82, 2.24) is 5.43 Å². The Kier molecular flexibility index (Phi) is 2.83. The van der Waals surface area contributed by atoms with E-state index in [1.807, 2.05) is 0 Å². The molecule has 1 heterocycles. The van der Waals surface area contributed by atoms with E-state index in [0.29, 0.717) is 12.2 Å². The van der Waals surface area contributed by atoms with Gasteiger partial charge in [-0.2, -0.15) is 5.10 Å². The summed E-state index contributed by atoms with van der Waals surface area (Å²) in [5.41, 5.74) is 4.58. The van der Waals surface area contributed by atoms with Gasteiger partial charge in [0, 0.05) is 6.42 Å². The summed E-state index contributed by atoms with van der Waals surface area (Å²) >= 11 is 0. The quantitative estimate of drug-likeness (QED) is 0.760. The smallest absolute Gasteiger partial charge is 0.144 e. The van der Waals surface area contributed by atoms with Gasteiger partial charge in [0.1, 0.15) is 5.78 Å². The summed E-state index contributed by atoms with van der Waals surface area (Å²) in [6.07, 6.45) is 2.65. The molecule has 3 heteroatoms. The standard InChI is InChI=1S/C14H24N2O/c1-13(2,3)6-9-12-10(16-15-9)7-14(4,5)8-11(12)17/h10,12,16H,6-8H2,1-5H3/t10-,12-/m1/s1. The molecule has 3 nitrogen and oxygen atoms in total. The summed E-state index contributed by atoms with van der Waals surface area (Å²) in [6, 6.07) is 0.239. The van der Waals surface area contributed by atoms with Crippen molar-refractivity contribution in [2.24, 2.45) is 21.8 Å². The van der Waals surface area contributed by atoms with Gasteiger partial charge in [-0.25, -0.2) is 0 Å². The van der Waals surface area contributed by atoms with Crippen LogP contribution in [0, 0.1) is 16.7 Å². The summed E-state index contributed by atoms with van der Waals surface area (Å²) in [5.74, 6) is 0.418. The fraction of sp³-hybridized carbons (Fsp3) is 0.857. The largest absolute Gasteiger partial charge is 0.306 e. The van der Waals surface area contributed by atoms with Gasteiger partial charge >= 0.3 is 0 Å². The molecule has 1 N–H and O–H groups in total. The Morgan fingerprint density at radius 2 is 2.06 bits per heavy atom. The van der Waals surface area contributed by atoms with E-state index in [0.717, 1.165) is 18.6 Å². The van der Waals surface area contributed by atoms with Gasteiger partial charge in [-0.05, 0) is 23.7 Å². The molecule has 2 aliphatic rings. The second-order valence-corrected chi connectivity index (χ2v) is 7.57. The number of carbonyl (C=O) groups is 1. The molecule has 0 spiro atoms. The van der Waals surface area contributed by atoms with Crippen LogP contribution in [-0.4, -0.2) is 17.5 Å². The van der Waals surface area contributed by atoms with Crippen LogP contribution in [0.2, 0.25) is 0 Å². The first kappa shape index (κ1) is 12.6. The molecule has 0 aromatic rings. The van der Waals surface area contributed by atoms with Crippen molar-refractivity contribution in [3.05, 3.63) is 0 Å². The van der Waals surface area contributed by atoms with Gasteiger partial charge in [0.2, 0.25) is 0 Å². The third kappa shape index (κ3) is 2.70. The lowest BCUT2D eigenvalue weighted by Crippen LogP contribution is -2.45. The van der Waals surface area contributed by atoms with Crippen LogP contribution in [0.4, 0.5) is 0 Å². The van der Waals surface area contributed by atoms with Crippen LogP contribution in [-0.2, 0) is 4.79 Å². The van der Waals surface area contributed by atoms with Crippen LogP contribution >= 0.6 is 0 Å². The molecule has 1 saturated carbocycles. The minimum Gasteiger partial charge on any atom is -0.306 e. The fourth-order valence-electron chi connectivity index (χ4n) is 3.06. The zero-order chi connectivity index (χ0) is 12.8. The zero-order valence-corrected chi connectivity index (χ0v) is 11.6. The van der Waals surface area contributed by atoms with Crippen molar-refractivity contribution in [3.8, 4) is 0 Å². The number of hydrogen-bond acceptors (Lipinski definition) is 3. The first-order chi connectivity index (χ1) is 7.68. The van der Waals surface area contributed by atoms with Crippen LogP contribution in [0.5, 0.6) is 0 Å². The highest BCUT2D eigenvalue weighted by Crippen LogP contribution is 2.40. The van der Waals surface area contributed by atoms with E-state index in [1.165, 1.54) is 0 Å². The van der Waals surface area contributed by atoms with Crippen LogP contribution in [0.25, 0.3) is 0 Å². The monoisotopic (exact) mass is 236 g/mol. The van der Waals surface area contributed by atoms with E-state index in [9.17, 15) is 4.79 Å². The highest BCUT2D eigenvalue weighted by molar-refractivity contribution is 6.07. The molecular weight excluding hydrogens is 212 g/mol. The average molecular weight is 236 g/mol. The Morgan fingerprint density at radius 3 is 2.65 bits per heavy atom. The summed E-state index contributed by atoms with van der Waals surface area (Å²) in [6.45, 7) is 10.9. The van der Waals surface area contributed by atoms with Crippen molar-refractivity contribution < 1.29 is 4.79 Å². The van der Waals surface area contributed by atoms with E-state index in [4.69, 9.17) is 0 Å². The van der Waals surface area contributed by atoms with E-state index in [1.54, 1.807) is 0 Å². The predicted octanol–water partition coefficient (Wildman–Crippen LogP) is 2.76. The molecule has 1 aliphatic heterocycles. The van der Waals surface area contributed by atoms with Crippen LogP contribution in [0.15, 0.2) is 5.10 Å². The van der Waals surface area contributed by atoms with Gasteiger partial charge < -0.3 is 5.43 Å². The molecule has 0 unspecified atom stereocenters. The van der Waals surface area contributed by atoms with Gasteiger partial charge in [0.05, 0.1) is 17.7 Å². The van der Waals surface area contributed by atoms with Crippen molar-refractivity contribution >= 4 is 11.5 Å². The van der Waals surface area contributed by atoms with Crippen molar-refractivity contribution in [2.75, 3.05) is 0 Å². The first-order valence-electron chi connectivity index (χ1n) is 6.53. The first-order valence-corrected chi connectivity index (χ1v) is 6.53. The Balaban J connectivity index is 2.14. The van der Waals surface area contributed by atoms with Gasteiger partial charge in [0.25, 0.3) is 0 Å². The van der Waals surface area contributed by atoms with Gasteiger partial charge in [-0.1, -0.05) is 34.6 Å². The molecule has 0 saturated heterocycles. The summed E-state index contributed by atoms with van der Waals surface area (Å²) < 4.78 is 0. The molecule has 17 heavy (non-hydrogen) atoms. The molecule has 96 valence electrons. The molecule has 0 bridgehead atoms. The Bertz CT molecular complexity index is 363. The van der Waals surface area contributed by atoms with E-state index >= 15 is 0 Å². The predicted molar refractivity (Wildman–Crippen MR) is 69.9 cm³/mol. The lowest BCUT2D eigenvalue weighted by atomic mass is 9.67. The Morgan fingerprint density at radius 1 is 1.41 bits per heavy atom.